The quantitative estimate of drug-likeness (QED) is 0.613. The van der Waals surface area contributed by atoms with E-state index in [1.807, 2.05) is 0 Å². The van der Waals surface area contributed by atoms with Gasteiger partial charge in [-0.1, -0.05) is 32.1 Å². The molecule has 3 aliphatic rings. The van der Waals surface area contributed by atoms with Gasteiger partial charge in [0.15, 0.2) is 0 Å². The molecule has 0 unspecified atom stereocenters. The van der Waals surface area contributed by atoms with E-state index in [0.717, 1.165) is 25.7 Å². The summed E-state index contributed by atoms with van der Waals surface area (Å²) in [5, 5.41) is 19.4. The van der Waals surface area contributed by atoms with E-state index in [-0.39, 0.29) is 17.9 Å². The van der Waals surface area contributed by atoms with Crippen LogP contribution in [0.5, 0.6) is 0 Å². The molecule has 126 valence electrons. The van der Waals surface area contributed by atoms with Crippen LogP contribution in [-0.4, -0.2) is 28.6 Å². The van der Waals surface area contributed by atoms with Crippen LogP contribution in [0.3, 0.4) is 0 Å². The van der Waals surface area contributed by atoms with Crippen LogP contribution in [0.15, 0.2) is 0 Å². The molecule has 3 saturated carbocycles. The number of nitrogens with two attached hydrogens (primary N) is 1. The Balaban J connectivity index is 0.000000211. The van der Waals surface area contributed by atoms with Crippen molar-refractivity contribution in [1.29, 1.82) is 0 Å². The van der Waals surface area contributed by atoms with Gasteiger partial charge in [-0.3, -0.25) is 14.9 Å². The van der Waals surface area contributed by atoms with Crippen molar-refractivity contribution in [1.82, 2.24) is 0 Å². The fourth-order valence-corrected chi connectivity index (χ4v) is 4.73. The Morgan fingerprint density at radius 2 is 1.86 bits per heavy atom. The molecular formula is C16H28N2O4. The van der Waals surface area contributed by atoms with E-state index in [2.05, 4.69) is 0 Å². The zero-order valence-electron chi connectivity index (χ0n) is 13.2. The largest absolute Gasteiger partial charge is 0.481 e. The van der Waals surface area contributed by atoms with Crippen molar-refractivity contribution in [2.24, 2.45) is 23.0 Å². The molecule has 0 aromatic carbocycles. The number of nitro groups is 1. The summed E-state index contributed by atoms with van der Waals surface area (Å²) in [7, 11) is 0. The van der Waals surface area contributed by atoms with Crippen molar-refractivity contribution in [2.75, 3.05) is 6.54 Å². The number of hydrogen-bond donors (Lipinski definition) is 2. The zero-order chi connectivity index (χ0) is 16.2. The minimum atomic E-state index is -0.901. The Kier molecular flexibility index (Phi) is 5.78. The predicted octanol–water partition coefficient (Wildman–Crippen LogP) is 2.82. The highest BCUT2D eigenvalue weighted by atomic mass is 16.6. The summed E-state index contributed by atoms with van der Waals surface area (Å²) >= 11 is 0. The van der Waals surface area contributed by atoms with Gasteiger partial charge >= 0.3 is 5.97 Å². The summed E-state index contributed by atoms with van der Waals surface area (Å²) in [6.45, 7) is -0.166. The number of carbonyl (C=O) groups is 1. The lowest BCUT2D eigenvalue weighted by Gasteiger charge is -2.49. The third-order valence-corrected chi connectivity index (χ3v) is 5.71. The van der Waals surface area contributed by atoms with Crippen LogP contribution in [0.4, 0.5) is 0 Å². The third-order valence-electron chi connectivity index (χ3n) is 5.71. The van der Waals surface area contributed by atoms with E-state index in [9.17, 15) is 14.9 Å². The second kappa shape index (κ2) is 7.40. The highest BCUT2D eigenvalue weighted by Gasteiger charge is 2.58. The second-order valence-corrected chi connectivity index (χ2v) is 7.32. The molecule has 0 amide bonds. The molecule has 0 aliphatic heterocycles. The van der Waals surface area contributed by atoms with E-state index < -0.39 is 11.4 Å². The fraction of sp³-hybridized carbons (Fsp3) is 0.938. The average molecular weight is 312 g/mol. The van der Waals surface area contributed by atoms with Crippen molar-refractivity contribution in [3.05, 3.63) is 10.1 Å². The van der Waals surface area contributed by atoms with Crippen LogP contribution in [0.2, 0.25) is 0 Å². The van der Waals surface area contributed by atoms with E-state index in [0.29, 0.717) is 17.9 Å². The normalized spacial score (nSPS) is 34.0. The van der Waals surface area contributed by atoms with Gasteiger partial charge in [0.05, 0.1) is 6.42 Å². The Morgan fingerprint density at radius 3 is 2.32 bits per heavy atom. The van der Waals surface area contributed by atoms with Gasteiger partial charge in [-0.05, 0) is 37.5 Å². The first kappa shape index (κ1) is 17.2. The van der Waals surface area contributed by atoms with Crippen molar-refractivity contribution >= 4 is 5.97 Å². The topological polar surface area (TPSA) is 106 Å². The lowest BCUT2D eigenvalue weighted by Crippen LogP contribution is -2.50. The number of rotatable bonds is 4. The molecule has 3 fully saturated rings. The summed E-state index contributed by atoms with van der Waals surface area (Å²) in [6, 6.07) is 0.536. The number of aliphatic carboxylic acids is 1. The van der Waals surface area contributed by atoms with Crippen LogP contribution in [0.1, 0.15) is 64.2 Å². The van der Waals surface area contributed by atoms with Gasteiger partial charge in [-0.15, -0.1) is 0 Å². The summed E-state index contributed by atoms with van der Waals surface area (Å²) < 4.78 is 0. The van der Waals surface area contributed by atoms with Gasteiger partial charge in [0.1, 0.15) is 0 Å². The third kappa shape index (κ3) is 4.18. The van der Waals surface area contributed by atoms with E-state index in [1.54, 1.807) is 0 Å². The molecular weight excluding hydrogens is 284 g/mol. The van der Waals surface area contributed by atoms with Crippen LogP contribution in [0, 0.1) is 27.4 Å². The molecule has 0 spiro atoms. The summed E-state index contributed by atoms with van der Waals surface area (Å²) in [6.07, 6.45) is 10.6. The predicted molar refractivity (Wildman–Crippen MR) is 83.1 cm³/mol. The summed E-state index contributed by atoms with van der Waals surface area (Å²) in [5.41, 5.74) is 5.10. The van der Waals surface area contributed by atoms with Crippen LogP contribution in [-0.2, 0) is 4.79 Å². The van der Waals surface area contributed by atoms with Gasteiger partial charge in [-0.2, -0.15) is 0 Å². The van der Waals surface area contributed by atoms with Gasteiger partial charge in [0.2, 0.25) is 6.54 Å². The van der Waals surface area contributed by atoms with Crippen LogP contribution in [0.25, 0.3) is 0 Å². The van der Waals surface area contributed by atoms with Gasteiger partial charge in [-0.25, -0.2) is 0 Å². The Bertz CT molecular complexity index is 391. The molecule has 0 aromatic heterocycles. The molecule has 6 heteroatoms. The fourth-order valence-electron chi connectivity index (χ4n) is 4.73. The summed E-state index contributed by atoms with van der Waals surface area (Å²) in [4.78, 5) is 21.0. The van der Waals surface area contributed by atoms with Gasteiger partial charge < -0.3 is 10.8 Å². The first-order chi connectivity index (χ1) is 10.4. The van der Waals surface area contributed by atoms with Crippen molar-refractivity contribution in [3.63, 3.8) is 0 Å². The van der Waals surface area contributed by atoms with Crippen molar-refractivity contribution in [3.8, 4) is 0 Å². The molecule has 0 heterocycles. The molecule has 0 radical (unpaired) electrons. The molecule has 22 heavy (non-hydrogen) atoms. The van der Waals surface area contributed by atoms with E-state index in [1.165, 1.54) is 32.1 Å². The lowest BCUT2D eigenvalue weighted by atomic mass is 9.53. The zero-order valence-corrected chi connectivity index (χ0v) is 13.2. The Morgan fingerprint density at radius 1 is 1.18 bits per heavy atom. The number of hydrogen-bond acceptors (Lipinski definition) is 4. The van der Waals surface area contributed by atoms with Gasteiger partial charge in [0, 0.05) is 16.4 Å². The SMILES string of the molecule is NC1CCCCC1.O=C(O)C[C@@]1(C[N+](=O)[O-])C[C@H]2CCC[C@H]21. The highest BCUT2D eigenvalue weighted by molar-refractivity contribution is 5.68. The lowest BCUT2D eigenvalue weighted by molar-refractivity contribution is -0.506. The van der Waals surface area contributed by atoms with Gasteiger partial charge in [0.25, 0.3) is 0 Å². The maximum Gasteiger partial charge on any atom is 0.304 e. The number of carboxylic acids is 1. The molecule has 0 bridgehead atoms. The molecule has 3 rings (SSSR count). The Labute approximate surface area is 131 Å². The molecule has 0 saturated heterocycles. The Hall–Kier alpha value is -1.17. The van der Waals surface area contributed by atoms with Crippen LogP contribution < -0.4 is 5.73 Å². The number of fused-ring (bicyclic) bond motifs is 1. The van der Waals surface area contributed by atoms with Crippen molar-refractivity contribution < 1.29 is 14.8 Å². The molecule has 3 aliphatic carbocycles. The molecule has 0 aromatic rings. The highest BCUT2D eigenvalue weighted by Crippen LogP contribution is 2.60. The molecule has 6 nitrogen and oxygen atoms in total. The first-order valence-electron chi connectivity index (χ1n) is 8.52. The van der Waals surface area contributed by atoms with E-state index >= 15 is 0 Å². The average Bonchev–Trinajstić information content (AvgIpc) is 2.81. The maximum absolute atomic E-state index is 10.8. The van der Waals surface area contributed by atoms with E-state index in [4.69, 9.17) is 10.8 Å². The maximum atomic E-state index is 10.8. The first-order valence-corrected chi connectivity index (χ1v) is 8.52. The molecule has 3 atom stereocenters. The number of carboxylic acid groups (broad SMARTS) is 1. The summed E-state index contributed by atoms with van der Waals surface area (Å²) in [5.74, 6) is -0.0505. The minimum absolute atomic E-state index is 0.0326. The minimum Gasteiger partial charge on any atom is -0.481 e. The smallest absolute Gasteiger partial charge is 0.304 e. The standard InChI is InChI=1S/C10H15NO4.C6H13N/c12-9(13)5-10(6-11(14)15)4-7-2-1-3-8(7)10;7-6-4-2-1-3-5-6/h7-8H,1-6H2,(H,12,13);6H,1-5,7H2/t7-,8-,10-;/m1./s1. The molecule has 3 N–H and O–H groups in total. The number of nitrogens with zero attached hydrogens (tertiary/aromatic N) is 1. The van der Waals surface area contributed by atoms with Crippen LogP contribution >= 0.6 is 0 Å². The monoisotopic (exact) mass is 312 g/mol. The second-order valence-electron chi connectivity index (χ2n) is 7.32. The van der Waals surface area contributed by atoms with Crippen molar-refractivity contribution in [2.45, 2.75) is 70.3 Å².